The Labute approximate surface area is 80.9 Å². The summed E-state index contributed by atoms with van der Waals surface area (Å²) in [6, 6.07) is 0. The van der Waals surface area contributed by atoms with Crippen molar-refractivity contribution in [1.82, 2.24) is 9.97 Å². The Hall–Kier alpha value is -0.480. The number of rotatable bonds is 3. The van der Waals surface area contributed by atoms with Gasteiger partial charge in [0.05, 0.1) is 4.90 Å². The van der Waals surface area contributed by atoms with Crippen molar-refractivity contribution in [2.45, 2.75) is 11.8 Å². The largest absolute Gasteiger partial charge is 0.354 e. The van der Waals surface area contributed by atoms with Crippen LogP contribution in [-0.4, -0.2) is 22.8 Å². The van der Waals surface area contributed by atoms with Gasteiger partial charge >= 0.3 is 0 Å². The minimum absolute atomic E-state index is 0.508. The summed E-state index contributed by atoms with van der Waals surface area (Å²) in [4.78, 5) is 9.03. The van der Waals surface area contributed by atoms with E-state index < -0.39 is 0 Å². The van der Waals surface area contributed by atoms with Gasteiger partial charge in [-0.1, -0.05) is 11.6 Å². The summed E-state index contributed by atoms with van der Waals surface area (Å²) in [7, 11) is 0. The fraction of sp³-hybridized carbons (Fsp3) is 0.429. The van der Waals surface area contributed by atoms with Gasteiger partial charge in [0.2, 0.25) is 5.95 Å². The molecule has 0 aliphatic heterocycles. The molecule has 66 valence electrons. The first-order valence-electron chi connectivity index (χ1n) is 3.58. The molecule has 1 heterocycles. The zero-order valence-electron chi connectivity index (χ0n) is 6.97. The Balaban J connectivity index is 2.86. The molecule has 1 aromatic rings. The summed E-state index contributed by atoms with van der Waals surface area (Å²) in [5, 5.41) is 3.49. The molecule has 0 saturated carbocycles. The smallest absolute Gasteiger partial charge is 0.224 e. The lowest BCUT2D eigenvalue weighted by Gasteiger charge is -2.02. The number of nitrogens with one attached hydrogen (secondary N) is 1. The van der Waals surface area contributed by atoms with E-state index >= 15 is 0 Å². The molecule has 0 unspecified atom stereocenters. The standard InChI is InChI=1S/C7H10ClN3S/c1-3-9-7-10-4-5(12-2)6(8)11-7/h4H,3H2,1-2H3,(H,9,10,11). The van der Waals surface area contributed by atoms with Gasteiger partial charge in [-0.3, -0.25) is 0 Å². The monoisotopic (exact) mass is 203 g/mol. The van der Waals surface area contributed by atoms with Gasteiger partial charge in [0.25, 0.3) is 0 Å². The SMILES string of the molecule is CCNc1ncc(SC)c(Cl)n1. The number of aromatic nitrogens is 2. The summed E-state index contributed by atoms with van der Waals surface area (Å²) < 4.78 is 0. The molecule has 0 aliphatic carbocycles. The Morgan fingerprint density at radius 3 is 2.92 bits per heavy atom. The van der Waals surface area contributed by atoms with E-state index in [0.717, 1.165) is 11.4 Å². The molecule has 0 aromatic carbocycles. The molecule has 1 N–H and O–H groups in total. The summed E-state index contributed by atoms with van der Waals surface area (Å²) in [6.45, 7) is 2.79. The van der Waals surface area contributed by atoms with E-state index in [-0.39, 0.29) is 0 Å². The van der Waals surface area contributed by atoms with Gasteiger partial charge in [0, 0.05) is 12.7 Å². The lowest BCUT2D eigenvalue weighted by molar-refractivity contribution is 1.05. The van der Waals surface area contributed by atoms with E-state index in [2.05, 4.69) is 15.3 Å². The van der Waals surface area contributed by atoms with Crippen molar-refractivity contribution < 1.29 is 0 Å². The quantitative estimate of drug-likeness (QED) is 0.604. The lowest BCUT2D eigenvalue weighted by Crippen LogP contribution is -2.01. The van der Waals surface area contributed by atoms with Crippen LogP contribution in [0.3, 0.4) is 0 Å². The van der Waals surface area contributed by atoms with Gasteiger partial charge in [-0.25, -0.2) is 4.98 Å². The minimum Gasteiger partial charge on any atom is -0.354 e. The van der Waals surface area contributed by atoms with Crippen LogP contribution in [0.5, 0.6) is 0 Å². The average Bonchev–Trinajstić information content (AvgIpc) is 2.05. The lowest BCUT2D eigenvalue weighted by atomic mass is 10.6. The van der Waals surface area contributed by atoms with Crippen LogP contribution in [0.4, 0.5) is 5.95 Å². The highest BCUT2D eigenvalue weighted by molar-refractivity contribution is 7.98. The maximum Gasteiger partial charge on any atom is 0.224 e. The van der Waals surface area contributed by atoms with Gasteiger partial charge in [-0.05, 0) is 13.2 Å². The second kappa shape index (κ2) is 4.52. The number of thioether (sulfide) groups is 1. The normalized spacial score (nSPS) is 9.92. The Morgan fingerprint density at radius 1 is 1.67 bits per heavy atom. The molecule has 5 heteroatoms. The van der Waals surface area contributed by atoms with Crippen LogP contribution in [0, 0.1) is 0 Å². The van der Waals surface area contributed by atoms with Crippen molar-refractivity contribution in [2.24, 2.45) is 0 Å². The van der Waals surface area contributed by atoms with Crippen LogP contribution in [0.15, 0.2) is 11.1 Å². The van der Waals surface area contributed by atoms with Crippen molar-refractivity contribution in [1.29, 1.82) is 0 Å². The van der Waals surface area contributed by atoms with E-state index in [9.17, 15) is 0 Å². The van der Waals surface area contributed by atoms with E-state index in [1.165, 1.54) is 11.8 Å². The fourth-order valence-electron chi connectivity index (χ4n) is 0.730. The zero-order chi connectivity index (χ0) is 8.97. The van der Waals surface area contributed by atoms with Gasteiger partial charge in [0.1, 0.15) is 5.15 Å². The Morgan fingerprint density at radius 2 is 2.42 bits per heavy atom. The second-order valence-electron chi connectivity index (χ2n) is 2.08. The summed E-state index contributed by atoms with van der Waals surface area (Å²) in [5.74, 6) is 0.584. The number of halogens is 1. The van der Waals surface area contributed by atoms with Crippen molar-refractivity contribution in [3.05, 3.63) is 11.3 Å². The van der Waals surface area contributed by atoms with E-state index in [4.69, 9.17) is 11.6 Å². The van der Waals surface area contributed by atoms with Gasteiger partial charge in [0.15, 0.2) is 0 Å². The van der Waals surface area contributed by atoms with Crippen LogP contribution in [0.1, 0.15) is 6.92 Å². The number of anilines is 1. The Kier molecular flexibility index (Phi) is 3.62. The zero-order valence-corrected chi connectivity index (χ0v) is 8.54. The molecular formula is C7H10ClN3S. The molecule has 0 amide bonds. The predicted octanol–water partition coefficient (Wildman–Crippen LogP) is 2.28. The molecule has 0 radical (unpaired) electrons. The molecule has 0 atom stereocenters. The Bertz CT molecular complexity index is 267. The van der Waals surface area contributed by atoms with E-state index in [0.29, 0.717) is 11.1 Å². The number of hydrogen-bond acceptors (Lipinski definition) is 4. The highest BCUT2D eigenvalue weighted by Crippen LogP contribution is 2.22. The van der Waals surface area contributed by atoms with Crippen LogP contribution in [-0.2, 0) is 0 Å². The first-order chi connectivity index (χ1) is 5.77. The van der Waals surface area contributed by atoms with Crippen molar-refractivity contribution in [2.75, 3.05) is 18.1 Å². The molecule has 0 fully saturated rings. The number of hydrogen-bond donors (Lipinski definition) is 1. The molecule has 3 nitrogen and oxygen atoms in total. The highest BCUT2D eigenvalue weighted by atomic mass is 35.5. The van der Waals surface area contributed by atoms with Crippen molar-refractivity contribution in [3.8, 4) is 0 Å². The molecule has 0 aliphatic rings. The molecule has 1 rings (SSSR count). The van der Waals surface area contributed by atoms with Crippen LogP contribution in [0.25, 0.3) is 0 Å². The average molecular weight is 204 g/mol. The topological polar surface area (TPSA) is 37.8 Å². The molecule has 1 aromatic heterocycles. The summed E-state index contributed by atoms with van der Waals surface area (Å²) in [5.41, 5.74) is 0. The first kappa shape index (κ1) is 9.61. The maximum atomic E-state index is 5.85. The van der Waals surface area contributed by atoms with Crippen LogP contribution >= 0.6 is 23.4 Å². The highest BCUT2D eigenvalue weighted by Gasteiger charge is 2.01. The van der Waals surface area contributed by atoms with Crippen molar-refractivity contribution in [3.63, 3.8) is 0 Å². The second-order valence-corrected chi connectivity index (χ2v) is 3.29. The van der Waals surface area contributed by atoms with E-state index in [1.807, 2.05) is 13.2 Å². The molecule has 12 heavy (non-hydrogen) atoms. The third kappa shape index (κ3) is 2.25. The minimum atomic E-state index is 0.508. The molecule has 0 spiro atoms. The van der Waals surface area contributed by atoms with Crippen LogP contribution < -0.4 is 5.32 Å². The van der Waals surface area contributed by atoms with Crippen LogP contribution in [0.2, 0.25) is 5.15 Å². The summed E-state index contributed by atoms with van der Waals surface area (Å²) >= 11 is 7.39. The first-order valence-corrected chi connectivity index (χ1v) is 5.18. The van der Waals surface area contributed by atoms with Gasteiger partial charge in [-0.15, -0.1) is 11.8 Å². The van der Waals surface area contributed by atoms with E-state index in [1.54, 1.807) is 6.20 Å². The van der Waals surface area contributed by atoms with Gasteiger partial charge in [-0.2, -0.15) is 4.98 Å². The van der Waals surface area contributed by atoms with Crippen molar-refractivity contribution >= 4 is 29.3 Å². The molecule has 0 bridgehead atoms. The number of nitrogens with zero attached hydrogens (tertiary/aromatic N) is 2. The van der Waals surface area contributed by atoms with Gasteiger partial charge < -0.3 is 5.32 Å². The third-order valence-corrected chi connectivity index (χ3v) is 2.41. The fourth-order valence-corrected chi connectivity index (χ4v) is 1.46. The third-order valence-electron chi connectivity index (χ3n) is 1.27. The predicted molar refractivity (Wildman–Crippen MR) is 53.0 cm³/mol. The molecular weight excluding hydrogens is 194 g/mol. The summed E-state index contributed by atoms with van der Waals surface area (Å²) in [6.07, 6.45) is 3.66. The molecule has 0 saturated heterocycles. The maximum absolute atomic E-state index is 5.85.